The van der Waals surface area contributed by atoms with Gasteiger partial charge in [0.25, 0.3) is 5.91 Å². The van der Waals surface area contributed by atoms with E-state index in [0.717, 1.165) is 18.2 Å². The molecular weight excluding hydrogens is 392 g/mol. The van der Waals surface area contributed by atoms with Crippen molar-refractivity contribution in [2.24, 2.45) is 0 Å². The summed E-state index contributed by atoms with van der Waals surface area (Å²) in [5, 5.41) is 3.24. The van der Waals surface area contributed by atoms with Gasteiger partial charge in [0.2, 0.25) is 0 Å². The second-order valence-corrected chi connectivity index (χ2v) is 8.83. The predicted octanol–water partition coefficient (Wildman–Crippen LogP) is 3.97. The van der Waals surface area contributed by atoms with Gasteiger partial charge in [-0.25, -0.2) is 17.2 Å². The number of carbonyl (C=O) groups is 1. The molecule has 0 aliphatic carbocycles. The maximum atomic E-state index is 13.3. The second kappa shape index (κ2) is 7.98. The van der Waals surface area contributed by atoms with Crippen molar-refractivity contribution in [3.05, 3.63) is 88.1 Å². The van der Waals surface area contributed by atoms with Crippen LogP contribution in [0.25, 0.3) is 0 Å². The predicted molar refractivity (Wildman–Crippen MR) is 99.4 cm³/mol. The summed E-state index contributed by atoms with van der Waals surface area (Å²) < 4.78 is 52.5. The smallest absolute Gasteiger partial charge is 0.251 e. The van der Waals surface area contributed by atoms with Crippen LogP contribution in [0.15, 0.2) is 70.9 Å². The number of halogens is 2. The van der Waals surface area contributed by atoms with E-state index >= 15 is 0 Å². The number of hydrogen-bond acceptors (Lipinski definition) is 4. The number of sulfone groups is 1. The lowest BCUT2D eigenvalue weighted by atomic mass is 10.2. The highest BCUT2D eigenvalue weighted by molar-refractivity contribution is 7.91. The quantitative estimate of drug-likeness (QED) is 0.629. The summed E-state index contributed by atoms with van der Waals surface area (Å²) in [4.78, 5) is 12.8. The lowest BCUT2D eigenvalue weighted by Gasteiger charge is -2.17. The molecule has 0 aliphatic heterocycles. The first kappa shape index (κ1) is 19.2. The van der Waals surface area contributed by atoms with Gasteiger partial charge in [0, 0.05) is 17.0 Å². The average molecular weight is 407 g/mol. The molecule has 0 fully saturated rings. The van der Waals surface area contributed by atoms with Crippen LogP contribution >= 0.6 is 11.3 Å². The fourth-order valence-corrected chi connectivity index (χ4v) is 5.33. The highest BCUT2D eigenvalue weighted by atomic mass is 32.2. The molecule has 2 aromatic carbocycles. The molecule has 1 heterocycles. The molecule has 3 aromatic rings. The standard InChI is InChI=1S/C19H15F2NO3S2/c20-14-6-8-16(9-7-14)27(24,25)18(17-5-2-10-26-17)12-22-19(23)13-3-1-4-15(21)11-13/h1-11,18H,12H2,(H,22,23). The molecule has 1 atom stereocenters. The summed E-state index contributed by atoms with van der Waals surface area (Å²) in [6.07, 6.45) is 0. The van der Waals surface area contributed by atoms with Crippen LogP contribution in [0.4, 0.5) is 8.78 Å². The molecule has 1 N–H and O–H groups in total. The van der Waals surface area contributed by atoms with Gasteiger partial charge in [-0.05, 0) is 53.9 Å². The number of hydrogen-bond donors (Lipinski definition) is 1. The first-order valence-electron chi connectivity index (χ1n) is 7.94. The van der Waals surface area contributed by atoms with Crippen LogP contribution in [0, 0.1) is 11.6 Å². The van der Waals surface area contributed by atoms with Crippen molar-refractivity contribution in [3.63, 3.8) is 0 Å². The Morgan fingerprint density at radius 2 is 1.74 bits per heavy atom. The Balaban J connectivity index is 1.86. The summed E-state index contributed by atoms with van der Waals surface area (Å²) in [6.45, 7) is -0.199. The zero-order valence-electron chi connectivity index (χ0n) is 13.9. The van der Waals surface area contributed by atoms with Crippen molar-refractivity contribution in [1.29, 1.82) is 0 Å². The third-order valence-electron chi connectivity index (χ3n) is 3.91. The Hall–Kier alpha value is -2.58. The van der Waals surface area contributed by atoms with Gasteiger partial charge in [-0.15, -0.1) is 11.3 Å². The molecule has 4 nitrogen and oxygen atoms in total. The lowest BCUT2D eigenvalue weighted by Crippen LogP contribution is -2.31. The lowest BCUT2D eigenvalue weighted by molar-refractivity contribution is 0.0953. The van der Waals surface area contributed by atoms with Gasteiger partial charge >= 0.3 is 0 Å². The molecule has 0 aliphatic rings. The fourth-order valence-electron chi connectivity index (χ4n) is 2.54. The average Bonchev–Trinajstić information content (AvgIpc) is 3.16. The number of nitrogens with one attached hydrogen (secondary N) is 1. The number of carbonyl (C=O) groups excluding carboxylic acids is 1. The van der Waals surface area contributed by atoms with Crippen LogP contribution in [-0.2, 0) is 9.84 Å². The molecule has 8 heteroatoms. The van der Waals surface area contributed by atoms with Gasteiger partial charge in [0.15, 0.2) is 9.84 Å². The van der Waals surface area contributed by atoms with E-state index in [9.17, 15) is 22.0 Å². The van der Waals surface area contributed by atoms with Crippen molar-refractivity contribution in [3.8, 4) is 0 Å². The molecule has 0 saturated carbocycles. The fraction of sp³-hybridized carbons (Fsp3) is 0.105. The second-order valence-electron chi connectivity index (χ2n) is 5.72. The minimum absolute atomic E-state index is 0.0395. The Morgan fingerprint density at radius 3 is 2.37 bits per heavy atom. The van der Waals surface area contributed by atoms with Gasteiger partial charge in [-0.2, -0.15) is 0 Å². The van der Waals surface area contributed by atoms with Gasteiger partial charge in [0.1, 0.15) is 16.9 Å². The minimum Gasteiger partial charge on any atom is -0.350 e. The first-order chi connectivity index (χ1) is 12.9. The molecule has 140 valence electrons. The van der Waals surface area contributed by atoms with Crippen LogP contribution in [0.5, 0.6) is 0 Å². The summed E-state index contributed by atoms with van der Waals surface area (Å²) in [5.41, 5.74) is 0.0964. The van der Waals surface area contributed by atoms with Crippen LogP contribution in [-0.4, -0.2) is 20.9 Å². The SMILES string of the molecule is O=C(NCC(c1cccs1)S(=O)(=O)c1ccc(F)cc1)c1cccc(F)c1. The van der Waals surface area contributed by atoms with Gasteiger partial charge in [0.05, 0.1) is 4.90 Å². The van der Waals surface area contributed by atoms with Gasteiger partial charge < -0.3 is 5.32 Å². The van der Waals surface area contributed by atoms with Gasteiger partial charge in [-0.1, -0.05) is 12.1 Å². The summed E-state index contributed by atoms with van der Waals surface area (Å²) in [5.74, 6) is -1.68. The van der Waals surface area contributed by atoms with Crippen molar-refractivity contribution in [2.75, 3.05) is 6.54 Å². The number of benzene rings is 2. The molecule has 0 bridgehead atoms. The molecular formula is C19H15F2NO3S2. The molecule has 3 rings (SSSR count). The Labute approximate surface area is 159 Å². The van der Waals surface area contributed by atoms with Crippen LogP contribution in [0.2, 0.25) is 0 Å². The minimum atomic E-state index is -3.87. The molecule has 27 heavy (non-hydrogen) atoms. The number of rotatable bonds is 6. The highest BCUT2D eigenvalue weighted by Gasteiger charge is 2.30. The summed E-state index contributed by atoms with van der Waals surface area (Å²) >= 11 is 1.24. The van der Waals surface area contributed by atoms with E-state index in [0.29, 0.717) is 4.88 Å². The molecule has 0 spiro atoms. The van der Waals surface area contributed by atoms with Crippen LogP contribution in [0.3, 0.4) is 0 Å². The normalized spacial score (nSPS) is 12.5. The van der Waals surface area contributed by atoms with E-state index in [-0.39, 0.29) is 17.0 Å². The van der Waals surface area contributed by atoms with Crippen molar-refractivity contribution < 1.29 is 22.0 Å². The summed E-state index contributed by atoms with van der Waals surface area (Å²) in [7, 11) is -3.87. The third-order valence-corrected chi connectivity index (χ3v) is 7.15. The topological polar surface area (TPSA) is 63.2 Å². The zero-order chi connectivity index (χ0) is 19.4. The molecule has 1 aromatic heterocycles. The largest absolute Gasteiger partial charge is 0.350 e. The maximum Gasteiger partial charge on any atom is 0.251 e. The molecule has 1 unspecified atom stereocenters. The molecule has 0 radical (unpaired) electrons. The van der Waals surface area contributed by atoms with Crippen LogP contribution in [0.1, 0.15) is 20.5 Å². The van der Waals surface area contributed by atoms with Crippen molar-refractivity contribution in [1.82, 2.24) is 5.32 Å². The van der Waals surface area contributed by atoms with Crippen molar-refractivity contribution in [2.45, 2.75) is 10.1 Å². The Kier molecular flexibility index (Phi) is 5.67. The van der Waals surface area contributed by atoms with Crippen molar-refractivity contribution >= 4 is 27.1 Å². The van der Waals surface area contributed by atoms with E-state index < -0.39 is 32.6 Å². The zero-order valence-corrected chi connectivity index (χ0v) is 15.6. The van der Waals surface area contributed by atoms with Gasteiger partial charge in [-0.3, -0.25) is 4.79 Å². The van der Waals surface area contributed by atoms with E-state index in [1.165, 1.54) is 41.7 Å². The van der Waals surface area contributed by atoms with E-state index in [4.69, 9.17) is 0 Å². The van der Waals surface area contributed by atoms with E-state index in [2.05, 4.69) is 5.32 Å². The third kappa shape index (κ3) is 4.40. The first-order valence-corrected chi connectivity index (χ1v) is 10.4. The Bertz CT molecular complexity index is 1030. The van der Waals surface area contributed by atoms with E-state index in [1.54, 1.807) is 17.5 Å². The van der Waals surface area contributed by atoms with E-state index in [1.807, 2.05) is 0 Å². The molecule has 0 saturated heterocycles. The Morgan fingerprint density at radius 1 is 1.00 bits per heavy atom. The molecule has 1 amide bonds. The number of amides is 1. The number of thiophene rings is 1. The highest BCUT2D eigenvalue weighted by Crippen LogP contribution is 2.31. The maximum absolute atomic E-state index is 13.3. The summed E-state index contributed by atoms with van der Waals surface area (Å²) in [6, 6.07) is 13.0. The monoisotopic (exact) mass is 407 g/mol. The van der Waals surface area contributed by atoms with Crippen LogP contribution < -0.4 is 5.32 Å².